The molecular formula is C20H21ClN4O4S2. The molecule has 0 aliphatic heterocycles. The second kappa shape index (κ2) is 9.63. The summed E-state index contributed by atoms with van der Waals surface area (Å²) in [6, 6.07) is 12.6. The Hall–Kier alpha value is -2.69. The molecule has 0 aliphatic carbocycles. The molecule has 3 rings (SSSR count). The monoisotopic (exact) mass is 480 g/mol. The van der Waals surface area contributed by atoms with Gasteiger partial charge in [0.2, 0.25) is 21.1 Å². The predicted molar refractivity (Wildman–Crippen MR) is 123 cm³/mol. The van der Waals surface area contributed by atoms with E-state index in [0.717, 1.165) is 21.9 Å². The van der Waals surface area contributed by atoms with Crippen molar-refractivity contribution in [2.45, 2.75) is 19.4 Å². The van der Waals surface area contributed by atoms with Crippen LogP contribution in [-0.2, 0) is 14.8 Å². The molecule has 1 N–H and O–H groups in total. The second-order valence-electron chi connectivity index (χ2n) is 6.59. The highest BCUT2D eigenvalue weighted by Crippen LogP contribution is 2.29. The van der Waals surface area contributed by atoms with E-state index in [2.05, 4.69) is 15.5 Å². The molecule has 0 saturated carbocycles. The number of nitrogens with zero attached hydrogens (tertiary/aromatic N) is 3. The molecule has 164 valence electrons. The molecule has 3 aromatic rings. The van der Waals surface area contributed by atoms with Gasteiger partial charge in [-0.15, -0.1) is 10.2 Å². The summed E-state index contributed by atoms with van der Waals surface area (Å²) in [5, 5.41) is 12.2. The Morgan fingerprint density at radius 3 is 2.35 bits per heavy atom. The number of rotatable bonds is 8. The fourth-order valence-electron chi connectivity index (χ4n) is 2.96. The van der Waals surface area contributed by atoms with Gasteiger partial charge in [0.15, 0.2) is 0 Å². The number of benzene rings is 2. The van der Waals surface area contributed by atoms with E-state index in [4.69, 9.17) is 16.3 Å². The van der Waals surface area contributed by atoms with Crippen LogP contribution in [0.15, 0.2) is 48.5 Å². The lowest BCUT2D eigenvalue weighted by atomic mass is 10.2. The molecule has 0 spiro atoms. The van der Waals surface area contributed by atoms with Crippen molar-refractivity contribution >= 4 is 49.7 Å². The molecule has 1 aromatic heterocycles. The third-order valence-corrected chi connectivity index (χ3v) is 6.72. The van der Waals surface area contributed by atoms with Gasteiger partial charge in [0.1, 0.15) is 16.8 Å². The van der Waals surface area contributed by atoms with Crippen LogP contribution in [0.5, 0.6) is 5.75 Å². The maximum absolute atomic E-state index is 13.0. The number of halogens is 1. The molecule has 0 aliphatic rings. The Kier molecular flexibility index (Phi) is 7.14. The first kappa shape index (κ1) is 23.0. The fraction of sp³-hybridized carbons (Fsp3) is 0.250. The minimum absolute atomic E-state index is 0.256. The molecule has 2 aromatic carbocycles. The summed E-state index contributed by atoms with van der Waals surface area (Å²) in [6.07, 6.45) is 1.32. The SMILES string of the molecule is CC[C@H](C(=O)Nc1nnc(-c2ccc(OC)cc2)s1)N(c1ccc(Cl)cc1)S(C)(=O)=O. The molecule has 1 amide bonds. The summed E-state index contributed by atoms with van der Waals surface area (Å²) in [5.41, 5.74) is 1.18. The van der Waals surface area contributed by atoms with E-state index in [1.165, 1.54) is 11.3 Å². The van der Waals surface area contributed by atoms with E-state index in [-0.39, 0.29) is 11.6 Å². The van der Waals surface area contributed by atoms with Gasteiger partial charge < -0.3 is 4.74 Å². The number of hydrogen-bond donors (Lipinski definition) is 1. The van der Waals surface area contributed by atoms with Crippen LogP contribution < -0.4 is 14.4 Å². The highest BCUT2D eigenvalue weighted by Gasteiger charge is 2.32. The van der Waals surface area contributed by atoms with Gasteiger partial charge in [0, 0.05) is 10.6 Å². The van der Waals surface area contributed by atoms with Gasteiger partial charge in [-0.3, -0.25) is 14.4 Å². The standard InChI is InChI=1S/C20H21ClN4O4S2/c1-4-17(25(31(3,27)28)15-9-7-14(21)8-10-15)18(26)22-20-24-23-19(30-20)13-5-11-16(29-2)12-6-13/h5-12,17H,4H2,1-3H3,(H,22,24,26)/t17-/m1/s1. The molecule has 1 heterocycles. The maximum atomic E-state index is 13.0. The van der Waals surface area contributed by atoms with E-state index >= 15 is 0 Å². The van der Waals surface area contributed by atoms with Crippen LogP contribution in [0.3, 0.4) is 0 Å². The zero-order chi connectivity index (χ0) is 22.6. The largest absolute Gasteiger partial charge is 0.497 e. The molecule has 0 unspecified atom stereocenters. The number of aromatic nitrogens is 2. The van der Waals surface area contributed by atoms with Crippen LogP contribution in [0.2, 0.25) is 5.02 Å². The van der Waals surface area contributed by atoms with Gasteiger partial charge in [-0.05, 0) is 55.0 Å². The number of carbonyl (C=O) groups is 1. The van der Waals surface area contributed by atoms with E-state index in [1.807, 2.05) is 12.1 Å². The van der Waals surface area contributed by atoms with Crippen molar-refractivity contribution in [2.75, 3.05) is 23.0 Å². The van der Waals surface area contributed by atoms with Crippen LogP contribution in [0, 0.1) is 0 Å². The summed E-state index contributed by atoms with van der Waals surface area (Å²) in [4.78, 5) is 13.0. The van der Waals surface area contributed by atoms with Crippen molar-refractivity contribution in [1.29, 1.82) is 0 Å². The highest BCUT2D eigenvalue weighted by atomic mass is 35.5. The Bertz CT molecular complexity index is 1150. The summed E-state index contributed by atoms with van der Waals surface area (Å²) in [6.45, 7) is 1.74. The van der Waals surface area contributed by atoms with Gasteiger partial charge in [-0.2, -0.15) is 0 Å². The van der Waals surface area contributed by atoms with Gasteiger partial charge in [0.05, 0.1) is 19.1 Å². The average molecular weight is 481 g/mol. The highest BCUT2D eigenvalue weighted by molar-refractivity contribution is 7.92. The van der Waals surface area contributed by atoms with Crippen LogP contribution in [0.4, 0.5) is 10.8 Å². The van der Waals surface area contributed by atoms with Gasteiger partial charge >= 0.3 is 0 Å². The minimum atomic E-state index is -3.74. The van der Waals surface area contributed by atoms with Crippen molar-refractivity contribution in [1.82, 2.24) is 10.2 Å². The molecule has 1 atom stereocenters. The number of anilines is 2. The number of nitrogens with one attached hydrogen (secondary N) is 1. The van der Waals surface area contributed by atoms with Gasteiger partial charge in [-0.1, -0.05) is 29.9 Å². The maximum Gasteiger partial charge on any atom is 0.250 e. The number of hydrogen-bond acceptors (Lipinski definition) is 7. The van der Waals surface area contributed by atoms with E-state index in [9.17, 15) is 13.2 Å². The van der Waals surface area contributed by atoms with Crippen LogP contribution in [0.1, 0.15) is 13.3 Å². The van der Waals surface area contributed by atoms with Crippen LogP contribution in [-0.4, -0.2) is 43.9 Å². The molecular weight excluding hydrogens is 460 g/mol. The lowest BCUT2D eigenvalue weighted by Crippen LogP contribution is -2.46. The lowest BCUT2D eigenvalue weighted by molar-refractivity contribution is -0.117. The first-order chi connectivity index (χ1) is 14.7. The minimum Gasteiger partial charge on any atom is -0.497 e. The number of amides is 1. The Morgan fingerprint density at radius 1 is 1.16 bits per heavy atom. The van der Waals surface area contributed by atoms with Crippen molar-refractivity contribution in [3.63, 3.8) is 0 Å². The Labute approximate surface area is 189 Å². The summed E-state index contributed by atoms with van der Waals surface area (Å²) in [7, 11) is -2.15. The second-order valence-corrected chi connectivity index (χ2v) is 9.86. The van der Waals surface area contributed by atoms with Crippen molar-refractivity contribution < 1.29 is 17.9 Å². The molecule has 8 nitrogen and oxygen atoms in total. The zero-order valence-corrected chi connectivity index (χ0v) is 19.5. The quantitative estimate of drug-likeness (QED) is 0.522. The summed E-state index contributed by atoms with van der Waals surface area (Å²) < 4.78 is 31.2. The van der Waals surface area contributed by atoms with Crippen molar-refractivity contribution in [3.8, 4) is 16.3 Å². The van der Waals surface area contributed by atoms with E-state index < -0.39 is 22.0 Å². The number of methoxy groups -OCH3 is 1. The topological polar surface area (TPSA) is 101 Å². The average Bonchev–Trinajstić information content (AvgIpc) is 3.20. The normalized spacial score (nSPS) is 12.3. The van der Waals surface area contributed by atoms with Crippen LogP contribution in [0.25, 0.3) is 10.6 Å². The molecule has 0 bridgehead atoms. The molecule has 31 heavy (non-hydrogen) atoms. The lowest BCUT2D eigenvalue weighted by Gasteiger charge is -2.29. The summed E-state index contributed by atoms with van der Waals surface area (Å²) >= 11 is 7.11. The van der Waals surface area contributed by atoms with Crippen molar-refractivity contribution in [3.05, 3.63) is 53.6 Å². The molecule has 0 radical (unpaired) electrons. The van der Waals surface area contributed by atoms with Crippen molar-refractivity contribution in [2.24, 2.45) is 0 Å². The number of ether oxygens (including phenoxy) is 1. The number of sulfonamides is 1. The van der Waals surface area contributed by atoms with Crippen LogP contribution >= 0.6 is 22.9 Å². The van der Waals surface area contributed by atoms with E-state index in [1.54, 1.807) is 50.4 Å². The molecule has 0 fully saturated rings. The Morgan fingerprint density at radius 2 is 1.81 bits per heavy atom. The first-order valence-corrected chi connectivity index (χ1v) is 12.3. The van der Waals surface area contributed by atoms with E-state index in [0.29, 0.717) is 15.7 Å². The Balaban J connectivity index is 1.82. The molecule has 11 heteroatoms. The summed E-state index contributed by atoms with van der Waals surface area (Å²) in [5.74, 6) is 0.218. The smallest absolute Gasteiger partial charge is 0.250 e. The third kappa shape index (κ3) is 5.52. The molecule has 0 saturated heterocycles. The number of carbonyl (C=O) groups excluding carboxylic acids is 1. The van der Waals surface area contributed by atoms with Gasteiger partial charge in [0.25, 0.3) is 0 Å². The van der Waals surface area contributed by atoms with Gasteiger partial charge in [-0.25, -0.2) is 8.42 Å². The predicted octanol–water partition coefficient (Wildman–Crippen LogP) is 4.05. The zero-order valence-electron chi connectivity index (χ0n) is 17.1. The fourth-order valence-corrected chi connectivity index (χ4v) is 5.05. The first-order valence-electron chi connectivity index (χ1n) is 9.26. The third-order valence-electron chi connectivity index (χ3n) is 4.40.